The van der Waals surface area contributed by atoms with Gasteiger partial charge in [0.1, 0.15) is 10.7 Å². The molecule has 3 nitrogen and oxygen atoms in total. The van der Waals surface area contributed by atoms with Crippen LogP contribution in [0.25, 0.3) is 10.4 Å². The minimum atomic E-state index is -0.472. The van der Waals surface area contributed by atoms with Crippen LogP contribution in [0.3, 0.4) is 0 Å². The van der Waals surface area contributed by atoms with Gasteiger partial charge in [-0.1, -0.05) is 15.9 Å². The van der Waals surface area contributed by atoms with Crippen LogP contribution in [-0.2, 0) is 4.74 Å². The number of benzene rings is 1. The number of ether oxygens (including phenoxy) is 1. The van der Waals surface area contributed by atoms with Crippen LogP contribution in [0.15, 0.2) is 22.7 Å². The van der Waals surface area contributed by atoms with E-state index in [0.717, 1.165) is 15.8 Å². The fraction of sp³-hybridized carbons (Fsp3) is 0.214. The molecule has 2 N–H and O–H groups in total. The maximum Gasteiger partial charge on any atom is 0.350 e. The van der Waals surface area contributed by atoms with E-state index in [9.17, 15) is 9.18 Å². The van der Waals surface area contributed by atoms with Crippen LogP contribution < -0.4 is 5.73 Å². The van der Waals surface area contributed by atoms with Gasteiger partial charge in [0.15, 0.2) is 0 Å². The van der Waals surface area contributed by atoms with Gasteiger partial charge in [0.2, 0.25) is 0 Å². The number of esters is 1. The lowest BCUT2D eigenvalue weighted by molar-refractivity contribution is 0.0533. The van der Waals surface area contributed by atoms with Crippen molar-refractivity contribution in [3.63, 3.8) is 0 Å². The highest BCUT2D eigenvalue weighted by molar-refractivity contribution is 9.10. The summed E-state index contributed by atoms with van der Waals surface area (Å²) in [6.45, 7) is 3.77. The number of hydrogen-bond acceptors (Lipinski definition) is 4. The van der Waals surface area contributed by atoms with Crippen LogP contribution in [0.2, 0.25) is 0 Å². The fourth-order valence-corrected chi connectivity index (χ4v) is 3.30. The summed E-state index contributed by atoms with van der Waals surface area (Å²) in [5.74, 6) is -0.826. The van der Waals surface area contributed by atoms with Crippen molar-refractivity contribution in [1.29, 1.82) is 0 Å². The van der Waals surface area contributed by atoms with Gasteiger partial charge in [0.25, 0.3) is 0 Å². The maximum absolute atomic E-state index is 14.0. The van der Waals surface area contributed by atoms with Crippen LogP contribution in [0.1, 0.15) is 22.2 Å². The maximum atomic E-state index is 14.0. The summed E-state index contributed by atoms with van der Waals surface area (Å²) >= 11 is 4.46. The van der Waals surface area contributed by atoms with Gasteiger partial charge in [-0.15, -0.1) is 11.3 Å². The van der Waals surface area contributed by atoms with E-state index in [1.54, 1.807) is 26.0 Å². The van der Waals surface area contributed by atoms with E-state index in [-0.39, 0.29) is 12.4 Å². The molecule has 0 amide bonds. The van der Waals surface area contributed by atoms with E-state index >= 15 is 0 Å². The highest BCUT2D eigenvalue weighted by Gasteiger charge is 2.22. The molecule has 0 spiro atoms. The minimum absolute atomic E-state index is 0.274. The Morgan fingerprint density at radius 3 is 2.85 bits per heavy atom. The molecule has 6 heteroatoms. The van der Waals surface area contributed by atoms with Crippen LogP contribution >= 0.6 is 27.3 Å². The second-order valence-electron chi connectivity index (χ2n) is 4.14. The second kappa shape index (κ2) is 5.93. The molecule has 2 rings (SSSR count). The average molecular weight is 358 g/mol. The first-order chi connectivity index (χ1) is 9.45. The molecule has 1 aromatic heterocycles. The highest BCUT2D eigenvalue weighted by Crippen LogP contribution is 2.40. The molecule has 0 aliphatic heterocycles. The number of carbonyl (C=O) groups is 1. The zero-order valence-electron chi connectivity index (χ0n) is 11.0. The van der Waals surface area contributed by atoms with Gasteiger partial charge in [0, 0.05) is 14.9 Å². The second-order valence-corrected chi connectivity index (χ2v) is 6.08. The number of carbonyl (C=O) groups excluding carboxylic acids is 1. The Balaban J connectivity index is 2.56. The van der Waals surface area contributed by atoms with Crippen molar-refractivity contribution in [2.45, 2.75) is 13.8 Å². The number of nitrogen functional groups attached to an aromatic ring is 1. The number of nitrogens with two attached hydrogens (primary N) is 1. The van der Waals surface area contributed by atoms with Gasteiger partial charge in [-0.25, -0.2) is 9.18 Å². The molecule has 1 aromatic carbocycles. The SMILES string of the molecule is CCOC(=O)c1sc(-c2cc(Br)ccc2F)c(C)c1N. The molecule has 0 saturated heterocycles. The van der Waals surface area contributed by atoms with Gasteiger partial charge in [-0.05, 0) is 37.6 Å². The van der Waals surface area contributed by atoms with E-state index in [4.69, 9.17) is 10.5 Å². The molecule has 0 unspecified atom stereocenters. The van der Waals surface area contributed by atoms with E-state index in [0.29, 0.717) is 26.6 Å². The number of hydrogen-bond donors (Lipinski definition) is 1. The van der Waals surface area contributed by atoms with Crippen LogP contribution in [0.4, 0.5) is 10.1 Å². The fourth-order valence-electron chi connectivity index (χ4n) is 1.80. The number of thiophene rings is 1. The van der Waals surface area contributed by atoms with Crippen molar-refractivity contribution in [3.8, 4) is 10.4 Å². The van der Waals surface area contributed by atoms with E-state index in [1.807, 2.05) is 0 Å². The molecular formula is C14H13BrFNO2S. The van der Waals surface area contributed by atoms with Crippen molar-refractivity contribution >= 4 is 38.9 Å². The summed E-state index contributed by atoms with van der Waals surface area (Å²) in [4.78, 5) is 12.8. The van der Waals surface area contributed by atoms with Gasteiger partial charge in [0.05, 0.1) is 12.3 Å². The Kier molecular flexibility index (Phi) is 4.45. The summed E-state index contributed by atoms with van der Waals surface area (Å²) in [7, 11) is 0. The van der Waals surface area contributed by atoms with Crippen molar-refractivity contribution in [1.82, 2.24) is 0 Å². The first-order valence-electron chi connectivity index (χ1n) is 5.97. The van der Waals surface area contributed by atoms with E-state index in [2.05, 4.69) is 15.9 Å². The van der Waals surface area contributed by atoms with E-state index in [1.165, 1.54) is 6.07 Å². The van der Waals surface area contributed by atoms with Crippen LogP contribution in [-0.4, -0.2) is 12.6 Å². The normalized spacial score (nSPS) is 10.6. The highest BCUT2D eigenvalue weighted by atomic mass is 79.9. The average Bonchev–Trinajstić information content (AvgIpc) is 2.70. The van der Waals surface area contributed by atoms with Gasteiger partial charge < -0.3 is 10.5 Å². The summed E-state index contributed by atoms with van der Waals surface area (Å²) in [6.07, 6.45) is 0. The summed E-state index contributed by atoms with van der Waals surface area (Å²) in [5, 5.41) is 0. The molecule has 1 heterocycles. The van der Waals surface area contributed by atoms with Gasteiger partial charge >= 0.3 is 5.97 Å². The predicted octanol–water partition coefficient (Wildman–Crippen LogP) is 4.38. The Bertz CT molecular complexity index is 669. The van der Waals surface area contributed by atoms with Crippen molar-refractivity contribution in [3.05, 3.63) is 38.9 Å². The van der Waals surface area contributed by atoms with Gasteiger partial charge in [-0.2, -0.15) is 0 Å². The first-order valence-corrected chi connectivity index (χ1v) is 7.58. The minimum Gasteiger partial charge on any atom is -0.462 e. The molecule has 0 fully saturated rings. The van der Waals surface area contributed by atoms with Crippen LogP contribution in [0.5, 0.6) is 0 Å². The third kappa shape index (κ3) is 2.71. The summed E-state index contributed by atoms with van der Waals surface area (Å²) in [5.41, 5.74) is 7.40. The molecular weight excluding hydrogens is 345 g/mol. The smallest absolute Gasteiger partial charge is 0.350 e. The summed E-state index contributed by atoms with van der Waals surface area (Å²) < 4.78 is 19.7. The molecule has 0 aliphatic carbocycles. The lowest BCUT2D eigenvalue weighted by Gasteiger charge is -2.03. The molecule has 0 radical (unpaired) electrons. The topological polar surface area (TPSA) is 52.3 Å². The molecule has 20 heavy (non-hydrogen) atoms. The molecule has 0 aliphatic rings. The predicted molar refractivity (Wildman–Crippen MR) is 82.5 cm³/mol. The largest absolute Gasteiger partial charge is 0.462 e. The Labute approximate surface area is 128 Å². The zero-order valence-corrected chi connectivity index (χ0v) is 13.4. The van der Waals surface area contributed by atoms with E-state index < -0.39 is 5.97 Å². The van der Waals surface area contributed by atoms with Crippen LogP contribution in [0, 0.1) is 12.7 Å². The lowest BCUT2D eigenvalue weighted by Crippen LogP contribution is -2.05. The first kappa shape index (κ1) is 15.0. The Morgan fingerprint density at radius 2 is 2.20 bits per heavy atom. The number of halogens is 2. The third-order valence-corrected chi connectivity index (χ3v) is 4.64. The van der Waals surface area contributed by atoms with Crippen molar-refractivity contribution < 1.29 is 13.9 Å². The zero-order chi connectivity index (χ0) is 14.9. The molecule has 2 aromatic rings. The lowest BCUT2D eigenvalue weighted by atomic mass is 10.1. The van der Waals surface area contributed by atoms with Crippen molar-refractivity contribution in [2.24, 2.45) is 0 Å². The monoisotopic (exact) mass is 357 g/mol. The Hall–Kier alpha value is -1.40. The quantitative estimate of drug-likeness (QED) is 0.829. The Morgan fingerprint density at radius 1 is 1.50 bits per heavy atom. The standard InChI is InChI=1S/C14H13BrFNO2S/c1-3-19-14(18)13-11(17)7(2)12(20-13)9-6-8(15)4-5-10(9)16/h4-6H,3,17H2,1-2H3. The summed E-state index contributed by atoms with van der Waals surface area (Å²) in [6, 6.07) is 4.67. The molecule has 0 atom stereocenters. The third-order valence-electron chi connectivity index (χ3n) is 2.83. The van der Waals surface area contributed by atoms with Crippen molar-refractivity contribution in [2.75, 3.05) is 12.3 Å². The molecule has 0 bridgehead atoms. The van der Waals surface area contributed by atoms with Gasteiger partial charge in [-0.3, -0.25) is 0 Å². The number of anilines is 1. The number of rotatable bonds is 3. The molecule has 0 saturated carbocycles. The molecule has 106 valence electrons.